The van der Waals surface area contributed by atoms with Gasteiger partial charge in [-0.2, -0.15) is 0 Å². The second kappa shape index (κ2) is 6.91. The van der Waals surface area contributed by atoms with Crippen LogP contribution in [0.4, 0.5) is 0 Å². The molecular weight excluding hydrogens is 338 g/mol. The van der Waals surface area contributed by atoms with Crippen molar-refractivity contribution in [2.75, 3.05) is 0 Å². The first-order valence-electron chi connectivity index (χ1n) is 6.34. The van der Waals surface area contributed by atoms with Crippen molar-refractivity contribution in [3.8, 4) is 0 Å². The maximum absolute atomic E-state index is 12.0. The zero-order chi connectivity index (χ0) is 14.5. The highest BCUT2D eigenvalue weighted by atomic mass is 79.9. The lowest BCUT2D eigenvalue weighted by atomic mass is 10.1. The van der Waals surface area contributed by atoms with E-state index in [0.717, 1.165) is 15.6 Å². The van der Waals surface area contributed by atoms with Crippen molar-refractivity contribution in [1.29, 1.82) is 0 Å². The fourth-order valence-corrected chi connectivity index (χ4v) is 2.41. The molecule has 0 bridgehead atoms. The van der Waals surface area contributed by atoms with Gasteiger partial charge in [-0.1, -0.05) is 57.9 Å². The molecule has 1 amide bonds. The second-order valence-corrected chi connectivity index (χ2v) is 5.93. The van der Waals surface area contributed by atoms with E-state index in [1.165, 1.54) is 0 Å². The van der Waals surface area contributed by atoms with Crippen molar-refractivity contribution in [3.05, 3.63) is 69.2 Å². The summed E-state index contributed by atoms with van der Waals surface area (Å²) in [5, 5.41) is 3.60. The lowest BCUT2D eigenvalue weighted by molar-refractivity contribution is -0.121. The van der Waals surface area contributed by atoms with E-state index in [1.807, 2.05) is 49.4 Å². The third-order valence-corrected chi connectivity index (χ3v) is 3.95. The number of benzene rings is 2. The van der Waals surface area contributed by atoms with E-state index >= 15 is 0 Å². The van der Waals surface area contributed by atoms with E-state index in [2.05, 4.69) is 21.2 Å². The molecule has 1 unspecified atom stereocenters. The fraction of sp³-hybridized carbons (Fsp3) is 0.188. The number of hydrogen-bond acceptors (Lipinski definition) is 1. The molecule has 104 valence electrons. The first-order chi connectivity index (χ1) is 9.56. The summed E-state index contributed by atoms with van der Waals surface area (Å²) in [4.78, 5) is 12.0. The quantitative estimate of drug-likeness (QED) is 0.861. The zero-order valence-electron chi connectivity index (χ0n) is 11.1. The molecule has 0 radical (unpaired) electrons. The molecule has 0 saturated heterocycles. The van der Waals surface area contributed by atoms with Crippen LogP contribution >= 0.6 is 27.5 Å². The van der Waals surface area contributed by atoms with Crippen LogP contribution in [0.2, 0.25) is 5.02 Å². The Morgan fingerprint density at radius 3 is 2.50 bits per heavy atom. The summed E-state index contributed by atoms with van der Waals surface area (Å²) in [5.74, 6) is -0.0338. The minimum atomic E-state index is -0.0338. The normalized spacial score (nSPS) is 11.9. The summed E-state index contributed by atoms with van der Waals surface area (Å²) in [6.07, 6.45) is 0.292. The maximum atomic E-state index is 12.0. The summed E-state index contributed by atoms with van der Waals surface area (Å²) in [6.45, 7) is 1.97. The van der Waals surface area contributed by atoms with Gasteiger partial charge in [-0.15, -0.1) is 0 Å². The second-order valence-electron chi connectivity index (χ2n) is 4.61. The molecule has 0 aromatic heterocycles. The van der Waals surface area contributed by atoms with E-state index in [-0.39, 0.29) is 11.9 Å². The maximum Gasteiger partial charge on any atom is 0.224 e. The van der Waals surface area contributed by atoms with Gasteiger partial charge in [0, 0.05) is 9.50 Å². The van der Waals surface area contributed by atoms with Crippen LogP contribution in [0.3, 0.4) is 0 Å². The van der Waals surface area contributed by atoms with E-state index in [0.29, 0.717) is 11.4 Å². The van der Waals surface area contributed by atoms with E-state index in [9.17, 15) is 4.79 Å². The third-order valence-electron chi connectivity index (χ3n) is 3.06. The Morgan fingerprint density at radius 1 is 1.20 bits per heavy atom. The molecule has 20 heavy (non-hydrogen) atoms. The van der Waals surface area contributed by atoms with Crippen molar-refractivity contribution in [3.63, 3.8) is 0 Å². The summed E-state index contributed by atoms with van der Waals surface area (Å²) < 4.78 is 1.02. The van der Waals surface area contributed by atoms with Gasteiger partial charge in [-0.05, 0) is 36.2 Å². The van der Waals surface area contributed by atoms with Crippen molar-refractivity contribution in [2.24, 2.45) is 0 Å². The molecule has 4 heteroatoms. The molecule has 0 aliphatic carbocycles. The Hall–Kier alpha value is -1.32. The molecule has 1 atom stereocenters. The Morgan fingerprint density at radius 2 is 1.85 bits per heavy atom. The lowest BCUT2D eigenvalue weighted by Gasteiger charge is -2.14. The van der Waals surface area contributed by atoms with Gasteiger partial charge in [0.1, 0.15) is 0 Å². The standard InChI is InChI=1S/C16H15BrClNO/c1-11(12-6-8-14(17)9-7-12)19-16(20)10-13-4-2-3-5-15(13)18/h2-9,11H,10H2,1H3,(H,19,20). The van der Waals surface area contributed by atoms with Crippen LogP contribution in [0.5, 0.6) is 0 Å². The molecule has 0 aliphatic heterocycles. The van der Waals surface area contributed by atoms with Gasteiger partial charge in [0.25, 0.3) is 0 Å². The first kappa shape index (κ1) is 15.1. The molecular formula is C16H15BrClNO. The summed E-state index contributed by atoms with van der Waals surface area (Å²) in [5.41, 5.74) is 1.91. The van der Waals surface area contributed by atoms with Crippen LogP contribution in [0.15, 0.2) is 53.0 Å². The summed E-state index contributed by atoms with van der Waals surface area (Å²) in [7, 11) is 0. The Labute approximate surface area is 132 Å². The number of amides is 1. The van der Waals surface area contributed by atoms with Crippen molar-refractivity contribution in [1.82, 2.24) is 5.32 Å². The number of hydrogen-bond donors (Lipinski definition) is 1. The van der Waals surface area contributed by atoms with Gasteiger partial charge in [-0.25, -0.2) is 0 Å². The van der Waals surface area contributed by atoms with E-state index in [1.54, 1.807) is 6.07 Å². The largest absolute Gasteiger partial charge is 0.349 e. The SMILES string of the molecule is CC(NC(=O)Cc1ccccc1Cl)c1ccc(Br)cc1. The highest BCUT2D eigenvalue weighted by Gasteiger charge is 2.11. The predicted octanol–water partition coefficient (Wildman–Crippen LogP) is 4.52. The van der Waals surface area contributed by atoms with Gasteiger partial charge < -0.3 is 5.32 Å². The molecule has 1 N–H and O–H groups in total. The van der Waals surface area contributed by atoms with Gasteiger partial charge in [0.05, 0.1) is 12.5 Å². The third kappa shape index (κ3) is 4.09. The predicted molar refractivity (Wildman–Crippen MR) is 85.9 cm³/mol. The van der Waals surface area contributed by atoms with E-state index in [4.69, 9.17) is 11.6 Å². The Bertz CT molecular complexity index is 598. The van der Waals surface area contributed by atoms with Crippen LogP contribution in [0.1, 0.15) is 24.1 Å². The fourth-order valence-electron chi connectivity index (χ4n) is 1.94. The molecule has 0 heterocycles. The molecule has 0 spiro atoms. The van der Waals surface area contributed by atoms with Crippen molar-refractivity contribution >= 4 is 33.4 Å². The Balaban J connectivity index is 1.98. The van der Waals surface area contributed by atoms with Crippen LogP contribution in [-0.4, -0.2) is 5.91 Å². The van der Waals surface area contributed by atoms with Gasteiger partial charge in [0.2, 0.25) is 5.91 Å². The number of rotatable bonds is 4. The highest BCUT2D eigenvalue weighted by molar-refractivity contribution is 9.10. The topological polar surface area (TPSA) is 29.1 Å². The number of halogens is 2. The smallest absolute Gasteiger partial charge is 0.224 e. The zero-order valence-corrected chi connectivity index (χ0v) is 13.4. The monoisotopic (exact) mass is 351 g/mol. The lowest BCUT2D eigenvalue weighted by Crippen LogP contribution is -2.28. The molecule has 2 aromatic rings. The van der Waals surface area contributed by atoms with Gasteiger partial charge in [0.15, 0.2) is 0 Å². The highest BCUT2D eigenvalue weighted by Crippen LogP contribution is 2.18. The van der Waals surface area contributed by atoms with Crippen LogP contribution in [0, 0.1) is 0 Å². The van der Waals surface area contributed by atoms with Crippen molar-refractivity contribution < 1.29 is 4.79 Å². The number of carbonyl (C=O) groups excluding carboxylic acids is 1. The van der Waals surface area contributed by atoms with Crippen LogP contribution in [-0.2, 0) is 11.2 Å². The summed E-state index contributed by atoms with van der Waals surface area (Å²) >= 11 is 9.45. The summed E-state index contributed by atoms with van der Waals surface area (Å²) in [6, 6.07) is 15.3. The molecule has 0 fully saturated rings. The van der Waals surface area contributed by atoms with Crippen LogP contribution in [0.25, 0.3) is 0 Å². The molecule has 0 aliphatic rings. The number of carbonyl (C=O) groups is 1. The van der Waals surface area contributed by atoms with Crippen molar-refractivity contribution in [2.45, 2.75) is 19.4 Å². The van der Waals surface area contributed by atoms with E-state index < -0.39 is 0 Å². The average molecular weight is 353 g/mol. The minimum Gasteiger partial charge on any atom is -0.349 e. The molecule has 0 saturated carbocycles. The first-order valence-corrected chi connectivity index (χ1v) is 7.51. The molecule has 2 nitrogen and oxygen atoms in total. The van der Waals surface area contributed by atoms with Gasteiger partial charge in [-0.3, -0.25) is 4.79 Å². The minimum absolute atomic E-state index is 0.0295. The Kier molecular flexibility index (Phi) is 5.21. The molecule has 2 aromatic carbocycles. The average Bonchev–Trinajstić information content (AvgIpc) is 2.42. The number of nitrogens with one attached hydrogen (secondary N) is 1. The van der Waals surface area contributed by atoms with Gasteiger partial charge >= 0.3 is 0 Å². The molecule has 2 rings (SSSR count). The van der Waals surface area contributed by atoms with Crippen LogP contribution < -0.4 is 5.32 Å².